The second-order valence-corrected chi connectivity index (χ2v) is 3.11. The van der Waals surface area contributed by atoms with Crippen LogP contribution in [0.15, 0.2) is 30.9 Å². The van der Waals surface area contributed by atoms with E-state index in [0.29, 0.717) is 0 Å². The Morgan fingerprint density at radius 1 is 1.21 bits per heavy atom. The van der Waals surface area contributed by atoms with Gasteiger partial charge < -0.3 is 0 Å². The van der Waals surface area contributed by atoms with Crippen LogP contribution >= 0.6 is 11.5 Å². The topological polar surface area (TPSA) is 25.8 Å². The van der Waals surface area contributed by atoms with E-state index >= 15 is 0 Å². The molecule has 0 spiro atoms. The summed E-state index contributed by atoms with van der Waals surface area (Å²) in [6.07, 6.45) is 9.23. The number of rotatable bonds is 3. The normalized spacial score (nSPS) is 10.2. The van der Waals surface area contributed by atoms with Gasteiger partial charge >= 0.3 is 0 Å². The van der Waals surface area contributed by atoms with E-state index in [-0.39, 0.29) is 0 Å². The van der Waals surface area contributed by atoms with E-state index < -0.39 is 0 Å². The molecule has 0 saturated carbocycles. The van der Waals surface area contributed by atoms with Crippen LogP contribution in [0.3, 0.4) is 0 Å². The van der Waals surface area contributed by atoms with Crippen molar-refractivity contribution >= 4 is 17.6 Å². The van der Waals surface area contributed by atoms with E-state index in [9.17, 15) is 0 Å². The Bertz CT molecular complexity index is 311. The number of hydrogen-bond acceptors (Lipinski definition) is 3. The third kappa shape index (κ3) is 5.43. The highest BCUT2D eigenvalue weighted by Gasteiger charge is 1.92. The van der Waals surface area contributed by atoms with Crippen molar-refractivity contribution in [3.8, 4) is 0 Å². The van der Waals surface area contributed by atoms with Gasteiger partial charge in [-0.05, 0) is 24.5 Å². The lowest BCUT2D eigenvalue weighted by molar-refractivity contribution is 1.22. The Kier molecular flexibility index (Phi) is 7.65. The standard InChI is InChI=1S/C9H10N2S.C2H6/c1-3-4-5-6-7-9-10-8(2)12-11-9;1-2/h3-7H,1H2,2H3;1-2H3/b5-4-,7-6+;. The molecule has 0 saturated heterocycles. The second-order valence-electron chi connectivity index (χ2n) is 2.15. The number of aromatic nitrogens is 2. The summed E-state index contributed by atoms with van der Waals surface area (Å²) in [5, 5.41) is 0.988. The van der Waals surface area contributed by atoms with Gasteiger partial charge in [-0.15, -0.1) is 0 Å². The Morgan fingerprint density at radius 2 is 1.93 bits per heavy atom. The number of aryl methyl sites for hydroxylation is 1. The first kappa shape index (κ1) is 12.8. The molecule has 1 aromatic rings. The molecule has 76 valence electrons. The van der Waals surface area contributed by atoms with E-state index in [1.54, 1.807) is 6.08 Å². The first-order valence-corrected chi connectivity index (χ1v) is 5.36. The summed E-state index contributed by atoms with van der Waals surface area (Å²) in [6, 6.07) is 0. The van der Waals surface area contributed by atoms with Gasteiger partial charge in [0.2, 0.25) is 0 Å². The van der Waals surface area contributed by atoms with Crippen LogP contribution in [0.4, 0.5) is 0 Å². The van der Waals surface area contributed by atoms with E-state index in [1.807, 2.05) is 45.1 Å². The van der Waals surface area contributed by atoms with Crippen molar-refractivity contribution in [1.82, 2.24) is 9.36 Å². The molecule has 0 unspecified atom stereocenters. The molecular weight excluding hydrogens is 192 g/mol. The maximum absolute atomic E-state index is 4.17. The molecule has 0 atom stereocenters. The zero-order valence-electron chi connectivity index (χ0n) is 8.90. The van der Waals surface area contributed by atoms with E-state index in [4.69, 9.17) is 0 Å². The minimum atomic E-state index is 0.770. The molecule has 0 N–H and O–H groups in total. The fourth-order valence-electron chi connectivity index (χ4n) is 0.667. The Balaban J connectivity index is 0.000000791. The van der Waals surface area contributed by atoms with Crippen LogP contribution in [0.5, 0.6) is 0 Å². The summed E-state index contributed by atoms with van der Waals surface area (Å²) >= 11 is 1.41. The lowest BCUT2D eigenvalue weighted by Gasteiger charge is -1.76. The second kappa shape index (κ2) is 8.38. The van der Waals surface area contributed by atoms with Crippen LogP contribution in [0.2, 0.25) is 0 Å². The minimum absolute atomic E-state index is 0.770. The van der Waals surface area contributed by atoms with Crippen molar-refractivity contribution in [2.24, 2.45) is 0 Å². The van der Waals surface area contributed by atoms with Gasteiger partial charge in [-0.2, -0.15) is 4.37 Å². The van der Waals surface area contributed by atoms with Crippen LogP contribution in [0.25, 0.3) is 6.08 Å². The molecule has 0 aliphatic heterocycles. The van der Waals surface area contributed by atoms with Crippen molar-refractivity contribution in [3.05, 3.63) is 41.7 Å². The van der Waals surface area contributed by atoms with Crippen LogP contribution in [0.1, 0.15) is 24.7 Å². The molecule has 2 nitrogen and oxygen atoms in total. The molecule has 0 aliphatic rings. The van der Waals surface area contributed by atoms with Crippen LogP contribution in [-0.2, 0) is 0 Å². The summed E-state index contributed by atoms with van der Waals surface area (Å²) in [5.41, 5.74) is 0. The van der Waals surface area contributed by atoms with Gasteiger partial charge in [0, 0.05) is 0 Å². The van der Waals surface area contributed by atoms with Crippen LogP contribution in [0, 0.1) is 6.92 Å². The maximum atomic E-state index is 4.17. The van der Waals surface area contributed by atoms with Crippen molar-refractivity contribution < 1.29 is 0 Å². The Morgan fingerprint density at radius 3 is 2.43 bits per heavy atom. The number of allylic oxidation sites excluding steroid dienone is 4. The van der Waals surface area contributed by atoms with Crippen LogP contribution in [-0.4, -0.2) is 9.36 Å². The predicted octanol–water partition coefficient (Wildman–Crippen LogP) is 3.63. The summed E-state index contributed by atoms with van der Waals surface area (Å²) < 4.78 is 4.10. The van der Waals surface area contributed by atoms with E-state index in [2.05, 4.69) is 15.9 Å². The fourth-order valence-corrected chi connectivity index (χ4v) is 1.13. The number of hydrogen-bond donors (Lipinski definition) is 0. The Hall–Kier alpha value is -1.22. The summed E-state index contributed by atoms with van der Waals surface area (Å²) in [7, 11) is 0. The Labute approximate surface area is 89.9 Å². The summed E-state index contributed by atoms with van der Waals surface area (Å²) in [6.45, 7) is 9.50. The van der Waals surface area contributed by atoms with Gasteiger partial charge in [-0.25, -0.2) is 4.98 Å². The minimum Gasteiger partial charge on any atom is -0.221 e. The molecular formula is C11H16N2S. The molecule has 0 radical (unpaired) electrons. The lowest BCUT2D eigenvalue weighted by atomic mass is 10.4. The van der Waals surface area contributed by atoms with Crippen molar-refractivity contribution in [1.29, 1.82) is 0 Å². The third-order valence-electron chi connectivity index (χ3n) is 1.15. The molecule has 0 aliphatic carbocycles. The first-order chi connectivity index (χ1) is 6.83. The average Bonchev–Trinajstić information content (AvgIpc) is 2.62. The zero-order valence-corrected chi connectivity index (χ0v) is 9.71. The maximum Gasteiger partial charge on any atom is 0.165 e. The van der Waals surface area contributed by atoms with Gasteiger partial charge in [-0.1, -0.05) is 44.7 Å². The van der Waals surface area contributed by atoms with Crippen molar-refractivity contribution in [2.45, 2.75) is 20.8 Å². The summed E-state index contributed by atoms with van der Waals surface area (Å²) in [4.78, 5) is 4.17. The third-order valence-corrected chi connectivity index (χ3v) is 1.78. The zero-order chi connectivity index (χ0) is 10.8. The first-order valence-electron chi connectivity index (χ1n) is 4.59. The van der Waals surface area contributed by atoms with E-state index in [1.165, 1.54) is 11.5 Å². The van der Waals surface area contributed by atoms with E-state index in [0.717, 1.165) is 10.8 Å². The summed E-state index contributed by atoms with van der Waals surface area (Å²) in [5.74, 6) is 0.770. The molecule has 14 heavy (non-hydrogen) atoms. The highest BCUT2D eigenvalue weighted by atomic mass is 32.1. The van der Waals surface area contributed by atoms with Gasteiger partial charge in [0.05, 0.1) is 0 Å². The molecule has 0 aromatic carbocycles. The van der Waals surface area contributed by atoms with Gasteiger partial charge in [0.15, 0.2) is 5.82 Å². The highest BCUT2D eigenvalue weighted by molar-refractivity contribution is 7.05. The van der Waals surface area contributed by atoms with Crippen molar-refractivity contribution in [3.63, 3.8) is 0 Å². The molecule has 0 fully saturated rings. The molecule has 1 heterocycles. The SMILES string of the molecule is C=C/C=C\C=C\c1nsc(C)n1.CC. The monoisotopic (exact) mass is 208 g/mol. The fraction of sp³-hybridized carbons (Fsp3) is 0.273. The average molecular weight is 208 g/mol. The molecule has 0 bridgehead atoms. The highest BCUT2D eigenvalue weighted by Crippen LogP contribution is 2.03. The van der Waals surface area contributed by atoms with Gasteiger partial charge in [0.1, 0.15) is 5.01 Å². The largest absolute Gasteiger partial charge is 0.221 e. The van der Waals surface area contributed by atoms with Gasteiger partial charge in [-0.3, -0.25) is 0 Å². The molecule has 1 rings (SSSR count). The van der Waals surface area contributed by atoms with Gasteiger partial charge in [0.25, 0.3) is 0 Å². The molecule has 1 aromatic heterocycles. The quantitative estimate of drug-likeness (QED) is 0.709. The van der Waals surface area contributed by atoms with Crippen LogP contribution < -0.4 is 0 Å². The van der Waals surface area contributed by atoms with Crippen molar-refractivity contribution in [2.75, 3.05) is 0 Å². The number of nitrogens with zero attached hydrogens (tertiary/aromatic N) is 2. The molecule has 3 heteroatoms. The lowest BCUT2D eigenvalue weighted by Crippen LogP contribution is -1.72. The smallest absolute Gasteiger partial charge is 0.165 e. The molecule has 0 amide bonds. The predicted molar refractivity (Wildman–Crippen MR) is 64.4 cm³/mol.